The maximum Gasteiger partial charge on any atom is 0.153 e. The van der Waals surface area contributed by atoms with Gasteiger partial charge in [-0.15, -0.1) is 0 Å². The molecule has 0 aromatic carbocycles. The fourth-order valence-corrected chi connectivity index (χ4v) is 1.96. The fraction of sp³-hybridized carbons (Fsp3) is 0.818. The molecule has 0 bridgehead atoms. The molecule has 1 aliphatic carbocycles. The molecule has 0 aromatic heterocycles. The van der Waals surface area contributed by atoms with E-state index in [2.05, 4.69) is 13.8 Å². The summed E-state index contributed by atoms with van der Waals surface area (Å²) in [5.41, 5.74) is 0. The van der Waals surface area contributed by atoms with Crippen molar-refractivity contribution < 1.29 is 74.9 Å². The first-order valence-corrected chi connectivity index (χ1v) is 5.20. The molecule has 1 fully saturated rings. The molecule has 4 heteroatoms. The number of hydrogen-bond donors (Lipinski definition) is 0. The second-order valence-electron chi connectivity index (χ2n) is 3.51. The monoisotopic (exact) mass is 362 g/mol. The Labute approximate surface area is 144 Å². The first kappa shape index (κ1) is 19.5. The van der Waals surface area contributed by atoms with Crippen LogP contribution in [0.25, 0.3) is 0 Å². The van der Waals surface area contributed by atoms with E-state index < -0.39 is 0 Å². The third-order valence-corrected chi connectivity index (χ3v) is 2.60. The first-order valence-electron chi connectivity index (χ1n) is 5.20. The van der Waals surface area contributed by atoms with Crippen LogP contribution in [0, 0.1) is 19.8 Å². The van der Waals surface area contributed by atoms with Crippen LogP contribution in [-0.4, -0.2) is 19.5 Å². The van der Waals surface area contributed by atoms with Gasteiger partial charge in [-0.2, -0.15) is 0 Å². The molecule has 0 unspecified atom stereocenters. The minimum absolute atomic E-state index is 0. The molecule has 2 radical (unpaired) electrons. The van der Waals surface area contributed by atoms with E-state index in [4.69, 9.17) is 9.47 Å². The van der Waals surface area contributed by atoms with Gasteiger partial charge in [0.2, 0.25) is 0 Å². The van der Waals surface area contributed by atoms with Crippen LogP contribution >= 0.6 is 0 Å². The molecule has 84 valence electrons. The van der Waals surface area contributed by atoms with E-state index in [0.717, 1.165) is 0 Å². The van der Waals surface area contributed by atoms with Crippen LogP contribution in [0.2, 0.25) is 0 Å². The molecule has 0 aliphatic heterocycles. The molecule has 1 rings (SSSR count). The SMILES string of the molecule is [CH2-]COC(OC[CH2-])C1CCCCC1.[Y].[Y]. The van der Waals surface area contributed by atoms with Crippen molar-refractivity contribution in [3.05, 3.63) is 13.8 Å². The Morgan fingerprint density at radius 2 is 1.40 bits per heavy atom. The summed E-state index contributed by atoms with van der Waals surface area (Å²) < 4.78 is 10.9. The minimum atomic E-state index is -0.0599. The Kier molecular flexibility index (Phi) is 16.3. The van der Waals surface area contributed by atoms with E-state index in [1.54, 1.807) is 0 Å². The van der Waals surface area contributed by atoms with Crippen LogP contribution in [-0.2, 0) is 74.9 Å². The number of ether oxygens (including phenoxy) is 2. The molecule has 0 aromatic rings. The summed E-state index contributed by atoms with van der Waals surface area (Å²) in [5.74, 6) is 0.567. The Balaban J connectivity index is 0. The van der Waals surface area contributed by atoms with Gasteiger partial charge in [0.25, 0.3) is 0 Å². The zero-order chi connectivity index (χ0) is 9.52. The van der Waals surface area contributed by atoms with Gasteiger partial charge in [-0.05, 0) is 12.8 Å². The van der Waals surface area contributed by atoms with E-state index in [1.165, 1.54) is 32.1 Å². The quantitative estimate of drug-likeness (QED) is 0.553. The zero-order valence-electron chi connectivity index (χ0n) is 9.49. The van der Waals surface area contributed by atoms with E-state index in [0.29, 0.717) is 19.1 Å². The van der Waals surface area contributed by atoms with Gasteiger partial charge in [0.05, 0.1) is 0 Å². The maximum atomic E-state index is 5.45. The molecule has 0 N–H and O–H groups in total. The van der Waals surface area contributed by atoms with Crippen LogP contribution in [0.5, 0.6) is 0 Å². The molecule has 0 spiro atoms. The largest absolute Gasteiger partial charge is 0.385 e. The predicted octanol–water partition coefficient (Wildman–Crippen LogP) is 2.59. The van der Waals surface area contributed by atoms with Crippen LogP contribution in [0.3, 0.4) is 0 Å². The third kappa shape index (κ3) is 7.95. The summed E-state index contributed by atoms with van der Waals surface area (Å²) in [7, 11) is 0. The Hall–Kier alpha value is 2.13. The maximum absolute atomic E-state index is 5.45. The van der Waals surface area contributed by atoms with Crippen LogP contribution < -0.4 is 0 Å². The Bertz CT molecular complexity index is 122. The van der Waals surface area contributed by atoms with E-state index in [-0.39, 0.29) is 71.7 Å². The van der Waals surface area contributed by atoms with Gasteiger partial charge in [0.15, 0.2) is 6.29 Å². The van der Waals surface area contributed by atoms with Crippen molar-refractivity contribution in [1.29, 1.82) is 0 Å². The average molecular weight is 362 g/mol. The molecule has 0 atom stereocenters. The summed E-state index contributed by atoms with van der Waals surface area (Å²) in [6.45, 7) is 8.33. The van der Waals surface area contributed by atoms with Crippen molar-refractivity contribution in [1.82, 2.24) is 0 Å². The van der Waals surface area contributed by atoms with Gasteiger partial charge in [0.1, 0.15) is 0 Å². The van der Waals surface area contributed by atoms with E-state index in [1.807, 2.05) is 0 Å². The summed E-state index contributed by atoms with van der Waals surface area (Å²) in [6, 6.07) is 0. The van der Waals surface area contributed by atoms with Crippen LogP contribution in [0.4, 0.5) is 0 Å². The van der Waals surface area contributed by atoms with Gasteiger partial charge < -0.3 is 23.3 Å². The second kappa shape index (κ2) is 12.6. The smallest absolute Gasteiger partial charge is 0.153 e. The molecule has 0 saturated heterocycles. The van der Waals surface area contributed by atoms with E-state index >= 15 is 0 Å². The van der Waals surface area contributed by atoms with Gasteiger partial charge in [-0.3, -0.25) is 0 Å². The number of hydrogen-bond acceptors (Lipinski definition) is 2. The van der Waals surface area contributed by atoms with Crippen molar-refractivity contribution in [3.63, 3.8) is 0 Å². The molecule has 1 aliphatic rings. The molecule has 1 saturated carbocycles. The van der Waals surface area contributed by atoms with Crippen molar-refractivity contribution in [2.45, 2.75) is 38.4 Å². The van der Waals surface area contributed by atoms with Crippen molar-refractivity contribution in [3.8, 4) is 0 Å². The van der Waals surface area contributed by atoms with Crippen LogP contribution in [0.1, 0.15) is 32.1 Å². The van der Waals surface area contributed by atoms with Gasteiger partial charge in [-0.1, -0.05) is 32.5 Å². The topological polar surface area (TPSA) is 18.5 Å². The average Bonchev–Trinajstić information content (AvgIpc) is 2.19. The van der Waals surface area contributed by atoms with Gasteiger partial charge in [-0.25, -0.2) is 0 Å². The zero-order valence-corrected chi connectivity index (χ0v) is 15.2. The van der Waals surface area contributed by atoms with Gasteiger partial charge >= 0.3 is 0 Å². The molecular formula is C11H20O2Y2-2. The van der Waals surface area contributed by atoms with Crippen molar-refractivity contribution in [2.75, 3.05) is 13.2 Å². The Morgan fingerprint density at radius 1 is 0.933 bits per heavy atom. The van der Waals surface area contributed by atoms with Crippen LogP contribution in [0.15, 0.2) is 0 Å². The second-order valence-corrected chi connectivity index (χ2v) is 3.51. The molecule has 15 heavy (non-hydrogen) atoms. The van der Waals surface area contributed by atoms with E-state index in [9.17, 15) is 0 Å². The molecule has 0 amide bonds. The minimum Gasteiger partial charge on any atom is -0.385 e. The Morgan fingerprint density at radius 3 is 1.80 bits per heavy atom. The summed E-state index contributed by atoms with van der Waals surface area (Å²) in [5, 5.41) is 0. The summed E-state index contributed by atoms with van der Waals surface area (Å²) in [6.07, 6.45) is 6.37. The van der Waals surface area contributed by atoms with Crippen molar-refractivity contribution in [2.24, 2.45) is 5.92 Å². The standard InChI is InChI=1S/C11H20O2.2Y/c1-3-12-11(13-4-2)10-8-6-5-7-9-10;;/h10-11H,1-9H2;;/q-2;;. The predicted molar refractivity (Wildman–Crippen MR) is 53.0 cm³/mol. The first-order chi connectivity index (χ1) is 6.38. The fourth-order valence-electron chi connectivity index (χ4n) is 1.96. The normalized spacial score (nSPS) is 17.0. The number of rotatable bonds is 5. The van der Waals surface area contributed by atoms with Gasteiger partial charge in [0, 0.05) is 71.3 Å². The third-order valence-electron chi connectivity index (χ3n) is 2.60. The summed E-state index contributed by atoms with van der Waals surface area (Å²) >= 11 is 0. The molecule has 0 heterocycles. The summed E-state index contributed by atoms with van der Waals surface area (Å²) in [4.78, 5) is 0. The molecular weight excluding hydrogens is 342 g/mol. The van der Waals surface area contributed by atoms with Crippen molar-refractivity contribution >= 4 is 0 Å². The molecule has 2 nitrogen and oxygen atoms in total.